The zero-order valence-electron chi connectivity index (χ0n) is 6.87. The summed E-state index contributed by atoms with van der Waals surface area (Å²) in [6.07, 6.45) is 0. The van der Waals surface area contributed by atoms with Crippen molar-refractivity contribution in [3.63, 3.8) is 0 Å². The van der Waals surface area contributed by atoms with Crippen LogP contribution in [0.5, 0.6) is 0 Å². The van der Waals surface area contributed by atoms with Crippen molar-refractivity contribution in [2.75, 3.05) is 0 Å². The van der Waals surface area contributed by atoms with Crippen LogP contribution in [0.25, 0.3) is 10.1 Å². The Morgan fingerprint density at radius 3 is 2.71 bits per heavy atom. The van der Waals surface area contributed by atoms with E-state index in [9.17, 15) is 4.39 Å². The summed E-state index contributed by atoms with van der Waals surface area (Å²) in [7, 11) is -1.64. The molecule has 1 aromatic heterocycles. The Balaban J connectivity index is 2.75. The van der Waals surface area contributed by atoms with Gasteiger partial charge >= 0.3 is 7.12 Å². The lowest BCUT2D eigenvalue weighted by Gasteiger charge is -2.00. The number of hydrogen-bond donors (Lipinski definition) is 2. The maximum absolute atomic E-state index is 13.4. The fourth-order valence-corrected chi connectivity index (χ4v) is 2.77. The van der Waals surface area contributed by atoms with Crippen LogP contribution in [0.1, 0.15) is 0 Å². The van der Waals surface area contributed by atoms with Gasteiger partial charge in [-0.05, 0) is 27.5 Å². The maximum Gasteiger partial charge on any atom is 0.488 e. The Labute approximate surface area is 92.3 Å². The van der Waals surface area contributed by atoms with E-state index in [0.717, 1.165) is 10.5 Å². The minimum Gasteiger partial charge on any atom is -0.423 e. The highest BCUT2D eigenvalue weighted by molar-refractivity contribution is 9.10. The molecule has 2 nitrogen and oxygen atoms in total. The lowest BCUT2D eigenvalue weighted by atomic mass is 9.80. The van der Waals surface area contributed by atoms with E-state index in [1.165, 1.54) is 11.3 Å². The summed E-state index contributed by atoms with van der Waals surface area (Å²) in [6.45, 7) is 0. The number of thiophene rings is 1. The third kappa shape index (κ3) is 1.59. The second kappa shape index (κ2) is 3.62. The first-order valence-corrected chi connectivity index (χ1v) is 5.49. The van der Waals surface area contributed by atoms with E-state index in [2.05, 4.69) is 15.9 Å². The molecule has 0 fully saturated rings. The fourth-order valence-electron chi connectivity index (χ4n) is 1.23. The number of benzene rings is 1. The van der Waals surface area contributed by atoms with Crippen LogP contribution in [0.4, 0.5) is 4.39 Å². The lowest BCUT2D eigenvalue weighted by molar-refractivity contribution is 0.425. The van der Waals surface area contributed by atoms with E-state index in [1.54, 1.807) is 11.4 Å². The van der Waals surface area contributed by atoms with Crippen LogP contribution in [0.2, 0.25) is 0 Å². The van der Waals surface area contributed by atoms with Crippen molar-refractivity contribution in [1.82, 2.24) is 0 Å². The number of fused-ring (bicyclic) bond motifs is 1. The Morgan fingerprint density at radius 1 is 1.36 bits per heavy atom. The van der Waals surface area contributed by atoms with E-state index in [-0.39, 0.29) is 5.46 Å². The van der Waals surface area contributed by atoms with Gasteiger partial charge in [-0.1, -0.05) is 6.07 Å². The van der Waals surface area contributed by atoms with E-state index in [4.69, 9.17) is 10.0 Å². The van der Waals surface area contributed by atoms with Crippen LogP contribution in [0.15, 0.2) is 22.0 Å². The minimum absolute atomic E-state index is 0.161. The standard InChI is InChI=1S/C8H5BBrFO2S/c10-6-3-14-8-5(6)1-4(9(12)13)2-7(8)11/h1-3,12-13H. The molecule has 1 heterocycles. The molecule has 2 aromatic rings. The van der Waals surface area contributed by atoms with Crippen LogP contribution >= 0.6 is 27.3 Å². The molecule has 0 bridgehead atoms. The maximum atomic E-state index is 13.4. The largest absolute Gasteiger partial charge is 0.488 e. The van der Waals surface area contributed by atoms with Gasteiger partial charge in [-0.25, -0.2) is 4.39 Å². The first-order chi connectivity index (χ1) is 6.59. The first-order valence-electron chi connectivity index (χ1n) is 3.82. The third-order valence-electron chi connectivity index (χ3n) is 1.90. The van der Waals surface area contributed by atoms with Crippen molar-refractivity contribution in [2.45, 2.75) is 0 Å². The average molecular weight is 275 g/mol. The van der Waals surface area contributed by atoms with Crippen molar-refractivity contribution in [1.29, 1.82) is 0 Å². The topological polar surface area (TPSA) is 40.5 Å². The molecule has 2 rings (SSSR count). The van der Waals surface area contributed by atoms with Crippen molar-refractivity contribution >= 4 is 49.9 Å². The van der Waals surface area contributed by atoms with Gasteiger partial charge in [0.2, 0.25) is 0 Å². The first kappa shape index (κ1) is 10.1. The summed E-state index contributed by atoms with van der Waals surface area (Å²) < 4.78 is 14.7. The second-order valence-electron chi connectivity index (χ2n) is 2.84. The Hall–Kier alpha value is -0.425. The Kier molecular flexibility index (Phi) is 2.61. The molecular formula is C8H5BBrFO2S. The molecule has 0 saturated heterocycles. The zero-order valence-corrected chi connectivity index (χ0v) is 9.27. The van der Waals surface area contributed by atoms with Crippen molar-refractivity contribution < 1.29 is 14.4 Å². The van der Waals surface area contributed by atoms with Gasteiger partial charge in [-0.3, -0.25) is 0 Å². The van der Waals surface area contributed by atoms with Crippen molar-refractivity contribution in [3.8, 4) is 0 Å². The van der Waals surface area contributed by atoms with Gasteiger partial charge < -0.3 is 10.0 Å². The van der Waals surface area contributed by atoms with Crippen LogP contribution in [-0.4, -0.2) is 17.2 Å². The summed E-state index contributed by atoms with van der Waals surface area (Å²) >= 11 is 4.54. The SMILES string of the molecule is OB(O)c1cc(F)c2scc(Br)c2c1. The van der Waals surface area contributed by atoms with Crippen molar-refractivity contribution in [2.24, 2.45) is 0 Å². The van der Waals surface area contributed by atoms with E-state index in [0.29, 0.717) is 10.1 Å². The third-order valence-corrected chi connectivity index (χ3v) is 3.86. The van der Waals surface area contributed by atoms with Crippen LogP contribution in [0, 0.1) is 5.82 Å². The van der Waals surface area contributed by atoms with Gasteiger partial charge in [0.15, 0.2) is 0 Å². The highest BCUT2D eigenvalue weighted by Crippen LogP contribution is 2.31. The highest BCUT2D eigenvalue weighted by Gasteiger charge is 2.16. The number of rotatable bonds is 1. The molecule has 14 heavy (non-hydrogen) atoms. The fraction of sp³-hybridized carbons (Fsp3) is 0. The Morgan fingerprint density at radius 2 is 2.07 bits per heavy atom. The summed E-state index contributed by atoms with van der Waals surface area (Å²) in [5.74, 6) is -0.429. The molecule has 0 aliphatic heterocycles. The van der Waals surface area contributed by atoms with Gasteiger partial charge in [-0.2, -0.15) is 0 Å². The predicted octanol–water partition coefficient (Wildman–Crippen LogP) is 1.48. The van der Waals surface area contributed by atoms with Crippen LogP contribution < -0.4 is 5.46 Å². The minimum atomic E-state index is -1.64. The highest BCUT2D eigenvalue weighted by atomic mass is 79.9. The quantitative estimate of drug-likeness (QED) is 0.774. The van der Waals surface area contributed by atoms with E-state index < -0.39 is 12.9 Å². The number of hydrogen-bond acceptors (Lipinski definition) is 3. The molecule has 0 aliphatic rings. The predicted molar refractivity (Wildman–Crippen MR) is 59.3 cm³/mol. The summed E-state index contributed by atoms with van der Waals surface area (Å²) in [5, 5.41) is 20.3. The molecule has 6 heteroatoms. The summed E-state index contributed by atoms with van der Waals surface area (Å²) in [4.78, 5) is 0. The molecule has 0 atom stereocenters. The van der Waals surface area contributed by atoms with Crippen LogP contribution in [-0.2, 0) is 0 Å². The van der Waals surface area contributed by atoms with Crippen LogP contribution in [0.3, 0.4) is 0 Å². The molecule has 0 radical (unpaired) electrons. The zero-order chi connectivity index (χ0) is 10.3. The van der Waals surface area contributed by atoms with E-state index >= 15 is 0 Å². The van der Waals surface area contributed by atoms with Gasteiger partial charge in [0.25, 0.3) is 0 Å². The Bertz CT molecular complexity index is 485. The summed E-state index contributed by atoms with van der Waals surface area (Å²) in [6, 6.07) is 2.69. The van der Waals surface area contributed by atoms with Gasteiger partial charge in [0.05, 0.1) is 4.70 Å². The van der Waals surface area contributed by atoms with Gasteiger partial charge in [-0.15, -0.1) is 11.3 Å². The normalized spacial score (nSPS) is 10.9. The molecule has 0 spiro atoms. The van der Waals surface area contributed by atoms with Gasteiger partial charge in [0.1, 0.15) is 5.82 Å². The molecule has 0 amide bonds. The molecule has 1 aromatic carbocycles. The lowest BCUT2D eigenvalue weighted by Crippen LogP contribution is -2.29. The smallest absolute Gasteiger partial charge is 0.423 e. The molecule has 2 N–H and O–H groups in total. The molecular weight excluding hydrogens is 270 g/mol. The summed E-state index contributed by atoms with van der Waals surface area (Å²) in [5.41, 5.74) is 0.161. The van der Waals surface area contributed by atoms with E-state index in [1.807, 2.05) is 0 Å². The second-order valence-corrected chi connectivity index (χ2v) is 4.57. The molecule has 0 aliphatic carbocycles. The average Bonchev–Trinajstić information content (AvgIpc) is 2.48. The van der Waals surface area contributed by atoms with Crippen molar-refractivity contribution in [3.05, 3.63) is 27.8 Å². The monoisotopic (exact) mass is 274 g/mol. The number of halogens is 2. The molecule has 72 valence electrons. The van der Waals surface area contributed by atoms with Gasteiger partial charge in [0, 0.05) is 15.2 Å². The molecule has 0 saturated carbocycles. The molecule has 0 unspecified atom stereocenters.